The number of primary amides is 1. The molecule has 0 bridgehead atoms. The molecule has 0 spiro atoms. The zero-order valence-corrected chi connectivity index (χ0v) is 16.5. The number of hydrogen-bond donors (Lipinski definition) is 3. The van der Waals surface area contributed by atoms with E-state index in [4.69, 9.17) is 15.2 Å². The molecule has 8 nitrogen and oxygen atoms in total. The largest absolute Gasteiger partial charge is 0.477 e. The zero-order chi connectivity index (χ0) is 20.0. The van der Waals surface area contributed by atoms with E-state index in [1.54, 1.807) is 12.1 Å². The number of nitrogens with one attached hydrogen (secondary N) is 2. The van der Waals surface area contributed by atoms with Gasteiger partial charge in [-0.2, -0.15) is 4.98 Å². The number of rotatable bonds is 6. The van der Waals surface area contributed by atoms with Gasteiger partial charge in [0.15, 0.2) is 0 Å². The molecule has 4 N–H and O–H groups in total. The number of amides is 2. The Morgan fingerprint density at radius 2 is 1.81 bits per heavy atom. The summed E-state index contributed by atoms with van der Waals surface area (Å²) in [6.45, 7) is 7.77. The van der Waals surface area contributed by atoms with Crippen LogP contribution in [0.3, 0.4) is 0 Å². The smallest absolute Gasteiger partial charge is 0.407 e. The number of nitrogens with two attached hydrogens (primary N) is 1. The molecule has 1 aliphatic rings. The number of anilines is 1. The van der Waals surface area contributed by atoms with Crippen LogP contribution in [0.5, 0.6) is 5.88 Å². The highest BCUT2D eigenvalue weighted by Crippen LogP contribution is 2.24. The summed E-state index contributed by atoms with van der Waals surface area (Å²) in [6.07, 6.45) is 3.13. The van der Waals surface area contributed by atoms with E-state index in [1.165, 1.54) is 0 Å². The number of hydrogen-bond acceptors (Lipinski definition) is 6. The summed E-state index contributed by atoms with van der Waals surface area (Å²) >= 11 is 0. The summed E-state index contributed by atoms with van der Waals surface area (Å²) in [5.74, 6) is 0.327. The van der Waals surface area contributed by atoms with Crippen molar-refractivity contribution in [2.75, 3.05) is 11.9 Å². The van der Waals surface area contributed by atoms with Crippen molar-refractivity contribution >= 4 is 17.8 Å². The lowest BCUT2D eigenvalue weighted by Crippen LogP contribution is -2.42. The van der Waals surface area contributed by atoms with Crippen LogP contribution in [-0.4, -0.2) is 41.3 Å². The summed E-state index contributed by atoms with van der Waals surface area (Å²) in [7, 11) is 0. The van der Waals surface area contributed by atoms with Crippen molar-refractivity contribution < 1.29 is 19.1 Å². The molecule has 1 saturated carbocycles. The van der Waals surface area contributed by atoms with Gasteiger partial charge in [-0.3, -0.25) is 4.79 Å². The molecule has 0 radical (unpaired) electrons. The number of pyridine rings is 1. The standard InChI is InChI=1S/C19H30N4O4/c1-5-26-17-14(16(20)24)10-11-15(23-17)21-12-6-8-13(9-7-12)22-18(25)27-19(2,3)4/h10-13H,5-9H2,1-4H3,(H2,20,24)(H,21,23)(H,22,25). The molecule has 2 amide bonds. The van der Waals surface area contributed by atoms with E-state index < -0.39 is 11.5 Å². The Balaban J connectivity index is 1.87. The molecular formula is C19H30N4O4. The second kappa shape index (κ2) is 8.92. The van der Waals surface area contributed by atoms with Gasteiger partial charge >= 0.3 is 6.09 Å². The molecule has 1 aliphatic carbocycles. The van der Waals surface area contributed by atoms with Crippen LogP contribution in [0.4, 0.5) is 10.6 Å². The lowest BCUT2D eigenvalue weighted by molar-refractivity contribution is 0.0492. The van der Waals surface area contributed by atoms with Crippen LogP contribution in [0.25, 0.3) is 0 Å². The minimum absolute atomic E-state index is 0.113. The summed E-state index contributed by atoms with van der Waals surface area (Å²) in [4.78, 5) is 27.7. The van der Waals surface area contributed by atoms with Gasteiger partial charge in [0.2, 0.25) is 5.88 Å². The van der Waals surface area contributed by atoms with Crippen LogP contribution in [0, 0.1) is 0 Å². The van der Waals surface area contributed by atoms with Gasteiger partial charge in [0.25, 0.3) is 5.91 Å². The van der Waals surface area contributed by atoms with Gasteiger partial charge in [0.05, 0.1) is 6.61 Å². The zero-order valence-electron chi connectivity index (χ0n) is 16.5. The quantitative estimate of drug-likeness (QED) is 0.701. The maximum absolute atomic E-state index is 11.9. The predicted molar refractivity (Wildman–Crippen MR) is 103 cm³/mol. The summed E-state index contributed by atoms with van der Waals surface area (Å²) in [6, 6.07) is 3.71. The van der Waals surface area contributed by atoms with Crippen molar-refractivity contribution in [2.45, 2.75) is 71.1 Å². The summed E-state index contributed by atoms with van der Waals surface area (Å²) in [5, 5.41) is 6.30. The molecule has 0 aromatic carbocycles. The number of alkyl carbamates (subject to hydrolysis) is 1. The SMILES string of the molecule is CCOc1nc(NC2CCC(NC(=O)OC(C)(C)C)CC2)ccc1C(N)=O. The Bertz CT molecular complexity index is 664. The van der Waals surface area contributed by atoms with Crippen molar-refractivity contribution in [2.24, 2.45) is 5.73 Å². The lowest BCUT2D eigenvalue weighted by atomic mass is 9.91. The molecule has 1 aromatic rings. The fraction of sp³-hybridized carbons (Fsp3) is 0.632. The Hall–Kier alpha value is -2.51. The van der Waals surface area contributed by atoms with E-state index in [9.17, 15) is 9.59 Å². The van der Waals surface area contributed by atoms with E-state index in [-0.39, 0.29) is 29.6 Å². The number of aromatic nitrogens is 1. The third kappa shape index (κ3) is 6.62. The van der Waals surface area contributed by atoms with Crippen molar-refractivity contribution in [1.82, 2.24) is 10.3 Å². The first-order valence-corrected chi connectivity index (χ1v) is 9.37. The van der Waals surface area contributed by atoms with Crippen LogP contribution in [0.1, 0.15) is 63.7 Å². The van der Waals surface area contributed by atoms with E-state index in [1.807, 2.05) is 27.7 Å². The van der Waals surface area contributed by atoms with Crippen LogP contribution < -0.4 is 21.1 Å². The molecule has 27 heavy (non-hydrogen) atoms. The average molecular weight is 378 g/mol. The Kier molecular flexibility index (Phi) is 6.87. The minimum Gasteiger partial charge on any atom is -0.477 e. The summed E-state index contributed by atoms with van der Waals surface area (Å²) in [5.41, 5.74) is 5.12. The molecule has 0 aliphatic heterocycles. The molecule has 0 unspecified atom stereocenters. The Labute approximate surface area is 160 Å². The molecule has 1 heterocycles. The van der Waals surface area contributed by atoms with E-state index >= 15 is 0 Å². The van der Waals surface area contributed by atoms with Gasteiger partial charge in [0, 0.05) is 12.1 Å². The highest BCUT2D eigenvalue weighted by molar-refractivity contribution is 5.95. The lowest BCUT2D eigenvalue weighted by Gasteiger charge is -2.30. The molecule has 2 rings (SSSR count). The Morgan fingerprint density at radius 1 is 1.19 bits per heavy atom. The topological polar surface area (TPSA) is 116 Å². The van der Waals surface area contributed by atoms with Gasteiger partial charge in [-0.05, 0) is 65.5 Å². The Morgan fingerprint density at radius 3 is 2.37 bits per heavy atom. The predicted octanol–water partition coefficient (Wildman–Crippen LogP) is 2.83. The molecule has 1 aromatic heterocycles. The van der Waals surface area contributed by atoms with Crippen molar-refractivity contribution in [3.8, 4) is 5.88 Å². The molecule has 0 saturated heterocycles. The number of ether oxygens (including phenoxy) is 2. The fourth-order valence-electron chi connectivity index (χ4n) is 3.02. The maximum Gasteiger partial charge on any atom is 0.407 e. The molecular weight excluding hydrogens is 348 g/mol. The van der Waals surface area contributed by atoms with Crippen LogP contribution >= 0.6 is 0 Å². The molecule has 150 valence electrons. The molecule has 0 atom stereocenters. The second-order valence-electron chi connectivity index (χ2n) is 7.69. The van der Waals surface area contributed by atoms with Crippen molar-refractivity contribution in [3.05, 3.63) is 17.7 Å². The second-order valence-corrected chi connectivity index (χ2v) is 7.69. The third-order valence-corrected chi connectivity index (χ3v) is 4.21. The van der Waals surface area contributed by atoms with Crippen molar-refractivity contribution in [1.29, 1.82) is 0 Å². The van der Waals surface area contributed by atoms with Gasteiger partial charge in [-0.1, -0.05) is 0 Å². The van der Waals surface area contributed by atoms with Crippen LogP contribution in [-0.2, 0) is 4.74 Å². The maximum atomic E-state index is 11.9. The van der Waals surface area contributed by atoms with Gasteiger partial charge < -0.3 is 25.8 Å². The number of carbonyl (C=O) groups is 2. The normalized spacial score (nSPS) is 19.9. The first kappa shape index (κ1) is 20.8. The molecule has 1 fully saturated rings. The monoisotopic (exact) mass is 378 g/mol. The fourth-order valence-corrected chi connectivity index (χ4v) is 3.02. The van der Waals surface area contributed by atoms with Crippen LogP contribution in [0.2, 0.25) is 0 Å². The van der Waals surface area contributed by atoms with Gasteiger partial charge in [-0.25, -0.2) is 4.79 Å². The van der Waals surface area contributed by atoms with E-state index in [0.717, 1.165) is 25.7 Å². The first-order chi connectivity index (χ1) is 12.7. The number of carbonyl (C=O) groups excluding carboxylic acids is 2. The first-order valence-electron chi connectivity index (χ1n) is 9.37. The number of nitrogens with zero attached hydrogens (tertiary/aromatic N) is 1. The van der Waals surface area contributed by atoms with Crippen LogP contribution in [0.15, 0.2) is 12.1 Å². The molecule has 8 heteroatoms. The van der Waals surface area contributed by atoms with Gasteiger partial charge in [0.1, 0.15) is 17.0 Å². The van der Waals surface area contributed by atoms with E-state index in [0.29, 0.717) is 12.4 Å². The highest BCUT2D eigenvalue weighted by atomic mass is 16.6. The average Bonchev–Trinajstić information content (AvgIpc) is 2.55. The third-order valence-electron chi connectivity index (χ3n) is 4.21. The minimum atomic E-state index is -0.564. The van der Waals surface area contributed by atoms with E-state index in [2.05, 4.69) is 15.6 Å². The highest BCUT2D eigenvalue weighted by Gasteiger charge is 2.25. The van der Waals surface area contributed by atoms with Gasteiger partial charge in [-0.15, -0.1) is 0 Å². The van der Waals surface area contributed by atoms with Crippen molar-refractivity contribution in [3.63, 3.8) is 0 Å². The summed E-state index contributed by atoms with van der Waals surface area (Å²) < 4.78 is 10.7.